The average Bonchev–Trinajstić information content (AvgIpc) is 2.77. The second kappa shape index (κ2) is 9.55. The third kappa shape index (κ3) is 5.16. The minimum Gasteiger partial charge on any atom is -0.493 e. The number of rotatable bonds is 7. The molecule has 162 valence electrons. The van der Waals surface area contributed by atoms with E-state index in [1.807, 2.05) is 24.3 Å². The van der Waals surface area contributed by atoms with E-state index in [9.17, 15) is 13.2 Å². The van der Waals surface area contributed by atoms with E-state index >= 15 is 0 Å². The van der Waals surface area contributed by atoms with Crippen LogP contribution in [0, 0.1) is 0 Å². The average molecular weight is 454 g/mol. The van der Waals surface area contributed by atoms with Crippen molar-refractivity contribution in [3.8, 4) is 11.5 Å². The van der Waals surface area contributed by atoms with Crippen molar-refractivity contribution in [2.24, 2.45) is 0 Å². The van der Waals surface area contributed by atoms with Crippen LogP contribution in [0.2, 0.25) is 5.02 Å². The van der Waals surface area contributed by atoms with Crippen molar-refractivity contribution in [3.05, 3.63) is 47.5 Å². The minimum atomic E-state index is -3.87. The van der Waals surface area contributed by atoms with E-state index in [1.165, 1.54) is 32.4 Å². The predicted molar refractivity (Wildman–Crippen MR) is 115 cm³/mol. The molecule has 0 aromatic heterocycles. The maximum Gasteiger partial charge on any atom is 0.241 e. The summed E-state index contributed by atoms with van der Waals surface area (Å²) in [5.74, 6) is 0.443. The smallest absolute Gasteiger partial charge is 0.241 e. The fraction of sp³-hybridized carbons (Fsp3) is 0.350. The largest absolute Gasteiger partial charge is 0.493 e. The summed E-state index contributed by atoms with van der Waals surface area (Å²) in [7, 11) is -0.976. The summed E-state index contributed by atoms with van der Waals surface area (Å²) in [6.07, 6.45) is 0. The summed E-state index contributed by atoms with van der Waals surface area (Å²) < 4.78 is 37.7. The second-order valence-electron chi connectivity index (χ2n) is 6.69. The molecule has 1 aliphatic heterocycles. The lowest BCUT2D eigenvalue weighted by atomic mass is 10.2. The van der Waals surface area contributed by atoms with Gasteiger partial charge < -0.3 is 19.3 Å². The molecule has 2 aromatic rings. The molecule has 1 fully saturated rings. The first-order chi connectivity index (χ1) is 14.3. The summed E-state index contributed by atoms with van der Waals surface area (Å²) in [6, 6.07) is 11.8. The molecule has 10 heteroatoms. The molecule has 8 nitrogen and oxygen atoms in total. The Balaban J connectivity index is 1.56. The summed E-state index contributed by atoms with van der Waals surface area (Å²) in [5.41, 5.74) is 1.00. The molecule has 2 aromatic carbocycles. The molecule has 1 N–H and O–H groups in total. The third-order valence-electron chi connectivity index (χ3n) is 4.88. The Labute approximate surface area is 181 Å². The van der Waals surface area contributed by atoms with Crippen LogP contribution in [-0.4, -0.2) is 66.2 Å². The molecular weight excluding hydrogens is 430 g/mol. The first-order valence-corrected chi connectivity index (χ1v) is 11.2. The van der Waals surface area contributed by atoms with Crippen LogP contribution in [0.25, 0.3) is 0 Å². The molecule has 0 radical (unpaired) electrons. The van der Waals surface area contributed by atoms with Gasteiger partial charge in [0.05, 0.1) is 25.7 Å². The second-order valence-corrected chi connectivity index (χ2v) is 8.89. The highest BCUT2D eigenvalue weighted by atomic mass is 35.5. The quantitative estimate of drug-likeness (QED) is 0.689. The molecular formula is C20H24ClN3O5S. The van der Waals surface area contributed by atoms with Crippen molar-refractivity contribution in [1.82, 2.24) is 9.62 Å². The number of methoxy groups -OCH3 is 2. The molecule has 0 bridgehead atoms. The SMILES string of the molecule is COc1ccc(S(=O)(=O)NCC(=O)N2CCN(c3cccc(Cl)c3)CC2)cc1OC. The zero-order chi connectivity index (χ0) is 21.7. The fourth-order valence-corrected chi connectivity index (χ4v) is 4.40. The van der Waals surface area contributed by atoms with E-state index in [1.54, 1.807) is 4.90 Å². The Kier molecular flexibility index (Phi) is 7.06. The van der Waals surface area contributed by atoms with Crippen molar-refractivity contribution >= 4 is 33.2 Å². The zero-order valence-electron chi connectivity index (χ0n) is 16.8. The van der Waals surface area contributed by atoms with Crippen LogP contribution >= 0.6 is 11.6 Å². The van der Waals surface area contributed by atoms with Gasteiger partial charge in [-0.05, 0) is 30.3 Å². The number of hydrogen-bond donors (Lipinski definition) is 1. The maximum absolute atomic E-state index is 12.6. The highest BCUT2D eigenvalue weighted by Crippen LogP contribution is 2.29. The number of ether oxygens (including phenoxy) is 2. The zero-order valence-corrected chi connectivity index (χ0v) is 18.4. The highest BCUT2D eigenvalue weighted by Gasteiger charge is 2.24. The van der Waals surface area contributed by atoms with Crippen LogP contribution in [0.3, 0.4) is 0 Å². The van der Waals surface area contributed by atoms with E-state index in [0.29, 0.717) is 42.7 Å². The van der Waals surface area contributed by atoms with Gasteiger partial charge in [-0.2, -0.15) is 0 Å². The summed E-state index contributed by atoms with van der Waals surface area (Å²) in [4.78, 5) is 16.3. The lowest BCUT2D eigenvalue weighted by molar-refractivity contribution is -0.130. The number of hydrogen-bond acceptors (Lipinski definition) is 6. The van der Waals surface area contributed by atoms with Crippen LogP contribution in [0.4, 0.5) is 5.69 Å². The van der Waals surface area contributed by atoms with Gasteiger partial charge in [-0.15, -0.1) is 0 Å². The van der Waals surface area contributed by atoms with Crippen LogP contribution in [-0.2, 0) is 14.8 Å². The lowest BCUT2D eigenvalue weighted by Gasteiger charge is -2.36. The fourth-order valence-electron chi connectivity index (χ4n) is 3.22. The van der Waals surface area contributed by atoms with Crippen LogP contribution < -0.4 is 19.1 Å². The Bertz CT molecular complexity index is 1010. The van der Waals surface area contributed by atoms with Gasteiger partial charge in [-0.25, -0.2) is 13.1 Å². The number of carbonyl (C=O) groups is 1. The van der Waals surface area contributed by atoms with E-state index in [-0.39, 0.29) is 17.3 Å². The molecule has 0 aliphatic carbocycles. The standard InChI is InChI=1S/C20H24ClN3O5S/c1-28-18-7-6-17(13-19(18)29-2)30(26,27)22-14-20(25)24-10-8-23(9-11-24)16-5-3-4-15(21)12-16/h3-7,12-13,22H,8-11,14H2,1-2H3. The van der Waals surface area contributed by atoms with Crippen molar-refractivity contribution in [3.63, 3.8) is 0 Å². The Hall–Kier alpha value is -2.49. The maximum atomic E-state index is 12.6. The van der Waals surface area contributed by atoms with Gasteiger partial charge in [-0.3, -0.25) is 4.79 Å². The number of benzene rings is 2. The number of nitrogens with one attached hydrogen (secondary N) is 1. The molecule has 3 rings (SSSR count). The first kappa shape index (κ1) is 22.2. The van der Waals surface area contributed by atoms with Crippen LogP contribution in [0.15, 0.2) is 47.4 Å². The van der Waals surface area contributed by atoms with E-state index < -0.39 is 10.0 Å². The van der Waals surface area contributed by atoms with Crippen molar-refractivity contribution in [1.29, 1.82) is 0 Å². The molecule has 0 unspecified atom stereocenters. The van der Waals surface area contributed by atoms with Gasteiger partial charge in [0.2, 0.25) is 15.9 Å². The van der Waals surface area contributed by atoms with Crippen molar-refractivity contribution in [2.45, 2.75) is 4.90 Å². The van der Waals surface area contributed by atoms with Gasteiger partial charge in [0.1, 0.15) is 0 Å². The summed E-state index contributed by atoms with van der Waals surface area (Å²) in [6.45, 7) is 1.99. The van der Waals surface area contributed by atoms with Gasteiger partial charge in [0, 0.05) is 43.0 Å². The molecule has 1 saturated heterocycles. The highest BCUT2D eigenvalue weighted by molar-refractivity contribution is 7.89. The number of sulfonamides is 1. The monoisotopic (exact) mass is 453 g/mol. The number of anilines is 1. The number of halogens is 1. The molecule has 1 heterocycles. The molecule has 0 spiro atoms. The number of nitrogens with zero attached hydrogens (tertiary/aromatic N) is 2. The molecule has 30 heavy (non-hydrogen) atoms. The van der Waals surface area contributed by atoms with Crippen molar-refractivity contribution in [2.75, 3.05) is 51.8 Å². The first-order valence-electron chi connectivity index (χ1n) is 9.34. The molecule has 0 atom stereocenters. The van der Waals surface area contributed by atoms with Gasteiger partial charge in [-0.1, -0.05) is 17.7 Å². The Morgan fingerprint density at radius 1 is 1.03 bits per heavy atom. The van der Waals surface area contributed by atoms with Crippen LogP contribution in [0.1, 0.15) is 0 Å². The number of piperazine rings is 1. The van der Waals surface area contributed by atoms with E-state index in [0.717, 1.165) is 5.69 Å². The summed E-state index contributed by atoms with van der Waals surface area (Å²) >= 11 is 6.04. The lowest BCUT2D eigenvalue weighted by Crippen LogP contribution is -2.51. The normalized spacial score (nSPS) is 14.5. The van der Waals surface area contributed by atoms with Gasteiger partial charge in [0.25, 0.3) is 0 Å². The Morgan fingerprint density at radius 2 is 1.73 bits per heavy atom. The molecule has 1 amide bonds. The number of amides is 1. The topological polar surface area (TPSA) is 88.2 Å². The Morgan fingerprint density at radius 3 is 2.37 bits per heavy atom. The number of carbonyl (C=O) groups excluding carboxylic acids is 1. The molecule has 1 aliphatic rings. The predicted octanol–water partition coefficient (Wildman–Crippen LogP) is 1.98. The van der Waals surface area contributed by atoms with E-state index in [4.69, 9.17) is 21.1 Å². The van der Waals surface area contributed by atoms with E-state index in [2.05, 4.69) is 9.62 Å². The summed E-state index contributed by atoms with van der Waals surface area (Å²) in [5, 5.41) is 0.663. The van der Waals surface area contributed by atoms with Crippen molar-refractivity contribution < 1.29 is 22.7 Å². The molecule has 0 saturated carbocycles. The van der Waals surface area contributed by atoms with Crippen LogP contribution in [0.5, 0.6) is 11.5 Å². The minimum absolute atomic E-state index is 0.00118. The third-order valence-corrected chi connectivity index (χ3v) is 6.52. The van der Waals surface area contributed by atoms with Gasteiger partial charge >= 0.3 is 0 Å². The van der Waals surface area contributed by atoms with Gasteiger partial charge in [0.15, 0.2) is 11.5 Å².